The molecular formula is C30H47N3O2P+. The van der Waals surface area contributed by atoms with Crippen LogP contribution in [0.15, 0.2) is 42.5 Å². The fourth-order valence-electron chi connectivity index (χ4n) is 5.15. The fourth-order valence-corrected chi connectivity index (χ4v) is 6.13. The van der Waals surface area contributed by atoms with Gasteiger partial charge in [0, 0.05) is 5.41 Å². The van der Waals surface area contributed by atoms with Crippen LogP contribution in [0.2, 0.25) is 0 Å². The predicted octanol–water partition coefficient (Wildman–Crippen LogP) is 8.85. The first-order valence-electron chi connectivity index (χ1n) is 13.4. The molecule has 0 radical (unpaired) electrons. The van der Waals surface area contributed by atoms with E-state index in [9.17, 15) is 9.67 Å². The van der Waals surface area contributed by atoms with Crippen LogP contribution in [0.1, 0.15) is 99.5 Å². The minimum Gasteiger partial charge on any atom is -0.506 e. The number of hydrogen-bond donors (Lipinski definition) is 1. The molecule has 1 N–H and O–H groups in total. The molecule has 1 heterocycles. The third-order valence-corrected chi connectivity index (χ3v) is 8.13. The van der Waals surface area contributed by atoms with Crippen molar-refractivity contribution in [3.63, 3.8) is 0 Å². The summed E-state index contributed by atoms with van der Waals surface area (Å²) in [4.78, 5) is 1.52. The Labute approximate surface area is 219 Å². The Hall–Kier alpha value is -2.26. The molecule has 6 heteroatoms. The molecule has 0 saturated carbocycles. The largest absolute Gasteiger partial charge is 0.506 e. The summed E-state index contributed by atoms with van der Waals surface area (Å²) in [5.41, 5.74) is 4.02. The summed E-state index contributed by atoms with van der Waals surface area (Å²) >= 11 is 0. The van der Waals surface area contributed by atoms with E-state index in [2.05, 4.69) is 65.6 Å². The van der Waals surface area contributed by atoms with Crippen molar-refractivity contribution in [2.75, 3.05) is 6.16 Å². The van der Waals surface area contributed by atoms with Crippen LogP contribution in [0.5, 0.6) is 5.75 Å². The highest BCUT2D eigenvalue weighted by Gasteiger charge is 2.29. The smallest absolute Gasteiger partial charge is 0.325 e. The van der Waals surface area contributed by atoms with Crippen molar-refractivity contribution in [2.24, 2.45) is 10.8 Å². The van der Waals surface area contributed by atoms with Crippen molar-refractivity contribution in [1.29, 1.82) is 0 Å². The fraction of sp³-hybridized carbons (Fsp3) is 0.600. The number of nitrogens with zero attached hydrogens (tertiary/aromatic N) is 3. The zero-order valence-corrected chi connectivity index (χ0v) is 24.7. The minimum absolute atomic E-state index is 0.00667. The molecule has 1 unspecified atom stereocenters. The van der Waals surface area contributed by atoms with Gasteiger partial charge in [-0.15, -0.1) is 15.0 Å². The summed E-state index contributed by atoms with van der Waals surface area (Å²) in [6.07, 6.45) is 8.10. The predicted molar refractivity (Wildman–Crippen MR) is 154 cm³/mol. The number of fused-ring (bicyclic) bond motifs is 1. The molecule has 0 bridgehead atoms. The van der Waals surface area contributed by atoms with Crippen LogP contribution in [0.25, 0.3) is 16.7 Å². The number of phenolic OH excluding ortho intramolecular Hbond substituents is 1. The van der Waals surface area contributed by atoms with E-state index in [1.165, 1.54) is 42.5 Å². The van der Waals surface area contributed by atoms with Crippen molar-refractivity contribution in [2.45, 2.75) is 99.3 Å². The topological polar surface area (TPSA) is 68.0 Å². The summed E-state index contributed by atoms with van der Waals surface area (Å²) in [5.74, 6) is 0.186. The highest BCUT2D eigenvalue weighted by Crippen LogP contribution is 2.38. The first-order valence-corrected chi connectivity index (χ1v) is 14.5. The number of phenols is 1. The van der Waals surface area contributed by atoms with Crippen molar-refractivity contribution < 1.29 is 9.67 Å². The van der Waals surface area contributed by atoms with Crippen LogP contribution in [0.4, 0.5) is 0 Å². The van der Waals surface area contributed by atoms with Crippen LogP contribution in [0, 0.1) is 10.8 Å². The summed E-state index contributed by atoms with van der Waals surface area (Å²) in [7, 11) is -0.116. The third kappa shape index (κ3) is 8.13. The SMILES string of the molecule is CC(C)(C)CC(C)(C)c1ccc(O)c(-n2nc3ccccc3n2)c1.CCCCC(CC)(CC)C[PH+]=O. The van der Waals surface area contributed by atoms with Crippen LogP contribution in [0.3, 0.4) is 0 Å². The van der Waals surface area contributed by atoms with Gasteiger partial charge in [-0.2, -0.15) is 0 Å². The summed E-state index contributed by atoms with van der Waals surface area (Å²) in [6, 6.07) is 13.4. The van der Waals surface area contributed by atoms with Gasteiger partial charge < -0.3 is 5.11 Å². The number of benzene rings is 2. The molecule has 198 valence electrons. The molecule has 0 spiro atoms. The summed E-state index contributed by atoms with van der Waals surface area (Å²) in [6.45, 7) is 17.9. The second-order valence-electron chi connectivity index (χ2n) is 11.9. The second-order valence-corrected chi connectivity index (χ2v) is 12.6. The van der Waals surface area contributed by atoms with Gasteiger partial charge in [-0.05, 0) is 66.3 Å². The van der Waals surface area contributed by atoms with E-state index >= 15 is 0 Å². The van der Waals surface area contributed by atoms with Crippen molar-refractivity contribution >= 4 is 19.5 Å². The molecule has 0 aliphatic rings. The molecule has 5 nitrogen and oxygen atoms in total. The Kier molecular flexibility index (Phi) is 10.7. The number of unbranched alkanes of at least 4 members (excludes halogenated alkanes) is 1. The molecule has 3 rings (SSSR count). The first kappa shape index (κ1) is 30.0. The number of rotatable bonds is 10. The van der Waals surface area contributed by atoms with Gasteiger partial charge in [0.25, 0.3) is 0 Å². The Balaban J connectivity index is 0.000000324. The van der Waals surface area contributed by atoms with Gasteiger partial charge in [-0.3, -0.25) is 0 Å². The standard InChI is InChI=1S/C20H25N3O.C10H21OP/c1-19(2,3)13-20(4,5)14-10-11-18(24)17(12-14)23-21-15-8-6-7-9-16(15)22-23;1-4-7-8-10(5-2,6-3)9-12-11/h6-12,24H,13H2,1-5H3;4-9H2,1-3H3/p+1. The van der Waals surface area contributed by atoms with Crippen molar-refractivity contribution in [3.05, 3.63) is 48.0 Å². The van der Waals surface area contributed by atoms with E-state index in [1.807, 2.05) is 36.4 Å². The highest BCUT2D eigenvalue weighted by molar-refractivity contribution is 7.23. The minimum atomic E-state index is -0.116. The lowest BCUT2D eigenvalue weighted by atomic mass is 9.72. The highest BCUT2D eigenvalue weighted by atomic mass is 31.1. The Morgan fingerprint density at radius 3 is 1.97 bits per heavy atom. The monoisotopic (exact) mass is 512 g/mol. The van der Waals surface area contributed by atoms with Crippen LogP contribution < -0.4 is 0 Å². The average molecular weight is 513 g/mol. The molecule has 0 aliphatic heterocycles. The number of aromatic nitrogens is 3. The van der Waals surface area contributed by atoms with Crippen molar-refractivity contribution in [3.8, 4) is 11.4 Å². The lowest BCUT2D eigenvalue weighted by molar-refractivity contribution is 0.270. The Bertz CT molecular complexity index is 1080. The summed E-state index contributed by atoms with van der Waals surface area (Å²) < 4.78 is 10.7. The molecule has 36 heavy (non-hydrogen) atoms. The van der Waals surface area contributed by atoms with Crippen LogP contribution >= 0.6 is 8.46 Å². The van der Waals surface area contributed by atoms with Gasteiger partial charge in [0.15, 0.2) is 0 Å². The average Bonchev–Trinajstić information content (AvgIpc) is 3.25. The van der Waals surface area contributed by atoms with Crippen LogP contribution in [-0.2, 0) is 9.98 Å². The van der Waals surface area contributed by atoms with Gasteiger partial charge in [-0.25, -0.2) is 0 Å². The normalized spacial score (nSPS) is 12.6. The molecule has 0 saturated heterocycles. The Morgan fingerprint density at radius 1 is 0.917 bits per heavy atom. The molecule has 1 atom stereocenters. The second kappa shape index (κ2) is 12.8. The Morgan fingerprint density at radius 2 is 1.50 bits per heavy atom. The van der Waals surface area contributed by atoms with E-state index in [4.69, 9.17) is 0 Å². The molecule has 0 aliphatic carbocycles. The van der Waals surface area contributed by atoms with Gasteiger partial charge in [0.2, 0.25) is 0 Å². The van der Waals surface area contributed by atoms with E-state index in [1.54, 1.807) is 6.07 Å². The first-order chi connectivity index (χ1) is 16.9. The maximum atomic E-state index is 10.7. The van der Waals surface area contributed by atoms with Gasteiger partial charge in [-0.1, -0.05) is 91.0 Å². The molecule has 2 aromatic carbocycles. The van der Waals surface area contributed by atoms with Gasteiger partial charge in [0.1, 0.15) is 28.6 Å². The zero-order valence-electron chi connectivity index (χ0n) is 23.7. The van der Waals surface area contributed by atoms with Gasteiger partial charge in [0.05, 0.1) is 0 Å². The maximum Gasteiger partial charge on any atom is 0.325 e. The maximum absolute atomic E-state index is 10.7. The third-order valence-electron chi connectivity index (χ3n) is 7.24. The van der Waals surface area contributed by atoms with Crippen molar-refractivity contribution in [1.82, 2.24) is 15.0 Å². The van der Waals surface area contributed by atoms with E-state index < -0.39 is 0 Å². The van der Waals surface area contributed by atoms with Gasteiger partial charge >= 0.3 is 8.46 Å². The summed E-state index contributed by atoms with van der Waals surface area (Å²) in [5, 5.41) is 19.3. The van der Waals surface area contributed by atoms with E-state index in [-0.39, 0.29) is 25.0 Å². The quantitative estimate of drug-likeness (QED) is 0.276. The molecule has 1 aromatic heterocycles. The number of hydrogen-bond acceptors (Lipinski definition) is 4. The molecule has 3 aromatic rings. The zero-order chi connectivity index (χ0) is 27.0. The lowest BCUT2D eigenvalue weighted by Gasteiger charge is -2.33. The molecule has 0 fully saturated rings. The lowest BCUT2D eigenvalue weighted by Crippen LogP contribution is -2.25. The molecule has 0 amide bonds. The number of aromatic hydroxyl groups is 1. The van der Waals surface area contributed by atoms with E-state index in [0.717, 1.165) is 23.6 Å². The molecular weight excluding hydrogens is 465 g/mol. The van der Waals surface area contributed by atoms with E-state index in [0.29, 0.717) is 11.1 Å². The van der Waals surface area contributed by atoms with Crippen LogP contribution in [-0.4, -0.2) is 26.3 Å².